The van der Waals surface area contributed by atoms with Crippen LogP contribution in [-0.2, 0) is 28.6 Å². The zero-order valence-corrected chi connectivity index (χ0v) is 47.9. The number of hydrogen-bond donors (Lipinski definition) is 0. The highest BCUT2D eigenvalue weighted by molar-refractivity contribution is 5.71. The second kappa shape index (κ2) is 60.7. The van der Waals surface area contributed by atoms with E-state index in [4.69, 9.17) is 14.2 Å². The molecule has 1 unspecified atom stereocenters. The largest absolute Gasteiger partial charge is 0.462 e. The molecule has 0 bridgehead atoms. The van der Waals surface area contributed by atoms with E-state index in [2.05, 4.69) is 81.5 Å². The molecule has 0 aromatic carbocycles. The fourth-order valence-electron chi connectivity index (χ4n) is 9.12. The number of carbonyl (C=O) groups excluding carboxylic acids is 3. The third-order valence-electron chi connectivity index (χ3n) is 13.8. The molecule has 0 saturated carbocycles. The van der Waals surface area contributed by atoms with Gasteiger partial charge in [-0.1, -0.05) is 300 Å². The third kappa shape index (κ3) is 58.0. The summed E-state index contributed by atoms with van der Waals surface area (Å²) < 4.78 is 16.9. The number of rotatable bonds is 57. The number of carbonyl (C=O) groups is 3. The van der Waals surface area contributed by atoms with Crippen LogP contribution in [0.2, 0.25) is 0 Å². The minimum Gasteiger partial charge on any atom is -0.462 e. The first-order valence-corrected chi connectivity index (χ1v) is 31.3. The standard InChI is InChI=1S/C66H118O6/c1-4-7-10-13-16-19-21-23-25-27-28-29-30-31-32-33-34-35-36-37-38-39-41-42-44-47-50-53-56-59-65(68)71-62-63(61-70-64(67)58-55-52-49-46-18-15-12-9-6-3)72-66(69)60-57-54-51-48-45-43-40-26-24-22-20-17-14-11-8-5-2/h7,10,16,19,23,25,28-29,31-32,63H,4-6,8-9,11-15,17-18,20-22,24,26-27,30,33-62H2,1-3H3/b10-7-,19-16-,25-23-,29-28-,32-31-. The van der Waals surface area contributed by atoms with Crippen LogP contribution in [0.5, 0.6) is 0 Å². The monoisotopic (exact) mass is 1010 g/mol. The van der Waals surface area contributed by atoms with Crippen LogP contribution >= 0.6 is 0 Å². The van der Waals surface area contributed by atoms with E-state index in [1.165, 1.54) is 193 Å². The van der Waals surface area contributed by atoms with Crippen molar-refractivity contribution in [3.8, 4) is 0 Å². The Morgan fingerprint density at radius 1 is 0.292 bits per heavy atom. The SMILES string of the molecule is CC/C=C\C/C=C\C/C=C\C/C=C\C/C=C\CCCCCCCCCCCCCCCC(=O)OCC(COC(=O)CCCCCCCCCCC)OC(=O)CCCCCCCCCCCCCCCCCC. The van der Waals surface area contributed by atoms with E-state index in [1.807, 2.05) is 0 Å². The predicted octanol–water partition coefficient (Wildman–Crippen LogP) is 21.2. The first kappa shape index (κ1) is 69.1. The highest BCUT2D eigenvalue weighted by Gasteiger charge is 2.19. The highest BCUT2D eigenvalue weighted by atomic mass is 16.6. The molecule has 6 nitrogen and oxygen atoms in total. The second-order valence-electron chi connectivity index (χ2n) is 21.0. The van der Waals surface area contributed by atoms with Crippen LogP contribution in [0, 0.1) is 0 Å². The van der Waals surface area contributed by atoms with E-state index in [1.54, 1.807) is 0 Å². The first-order chi connectivity index (χ1) is 35.5. The molecule has 0 saturated heterocycles. The number of esters is 3. The summed E-state index contributed by atoms with van der Waals surface area (Å²) in [5.41, 5.74) is 0. The Labute approximate surface area is 447 Å². The minimum absolute atomic E-state index is 0.0688. The summed E-state index contributed by atoms with van der Waals surface area (Å²) in [5, 5.41) is 0. The van der Waals surface area contributed by atoms with Crippen LogP contribution < -0.4 is 0 Å². The lowest BCUT2D eigenvalue weighted by Gasteiger charge is -2.18. The molecule has 72 heavy (non-hydrogen) atoms. The summed E-state index contributed by atoms with van der Waals surface area (Å²) in [4.78, 5) is 38.1. The summed E-state index contributed by atoms with van der Waals surface area (Å²) in [6.07, 6.45) is 76.7. The van der Waals surface area contributed by atoms with Crippen LogP contribution in [0.25, 0.3) is 0 Å². The number of hydrogen-bond acceptors (Lipinski definition) is 6. The average molecular weight is 1010 g/mol. The fourth-order valence-corrected chi connectivity index (χ4v) is 9.12. The number of unbranched alkanes of at least 4 members (excludes halogenated alkanes) is 36. The molecular formula is C66H118O6. The van der Waals surface area contributed by atoms with Crippen molar-refractivity contribution >= 4 is 17.9 Å². The summed E-state index contributed by atoms with van der Waals surface area (Å²) in [6.45, 7) is 6.55. The molecule has 0 rings (SSSR count). The van der Waals surface area contributed by atoms with E-state index < -0.39 is 6.10 Å². The molecule has 0 fully saturated rings. The number of ether oxygens (including phenoxy) is 3. The maximum Gasteiger partial charge on any atom is 0.306 e. The first-order valence-electron chi connectivity index (χ1n) is 31.3. The van der Waals surface area contributed by atoms with Crippen molar-refractivity contribution in [3.05, 3.63) is 60.8 Å². The zero-order chi connectivity index (χ0) is 52.2. The highest BCUT2D eigenvalue weighted by Crippen LogP contribution is 2.17. The maximum atomic E-state index is 12.8. The molecular weight excluding hydrogens is 889 g/mol. The molecule has 0 amide bonds. The average Bonchev–Trinajstić information content (AvgIpc) is 3.38. The van der Waals surface area contributed by atoms with Gasteiger partial charge in [0.2, 0.25) is 0 Å². The van der Waals surface area contributed by atoms with Gasteiger partial charge in [-0.05, 0) is 64.2 Å². The van der Waals surface area contributed by atoms with Gasteiger partial charge >= 0.3 is 17.9 Å². The van der Waals surface area contributed by atoms with Crippen molar-refractivity contribution < 1.29 is 28.6 Å². The summed E-state index contributed by atoms with van der Waals surface area (Å²) in [7, 11) is 0. The quantitative estimate of drug-likeness (QED) is 0.0261. The van der Waals surface area contributed by atoms with E-state index in [0.717, 1.165) is 89.9 Å². The summed E-state index contributed by atoms with van der Waals surface area (Å²) >= 11 is 0. The lowest BCUT2D eigenvalue weighted by Crippen LogP contribution is -2.30. The Morgan fingerprint density at radius 2 is 0.542 bits per heavy atom. The lowest BCUT2D eigenvalue weighted by atomic mass is 10.0. The molecule has 6 heteroatoms. The minimum atomic E-state index is -0.769. The third-order valence-corrected chi connectivity index (χ3v) is 13.8. The normalized spacial score (nSPS) is 12.4. The van der Waals surface area contributed by atoms with Gasteiger partial charge in [0.25, 0.3) is 0 Å². The van der Waals surface area contributed by atoms with Gasteiger partial charge in [-0.2, -0.15) is 0 Å². The molecule has 0 aliphatic heterocycles. The van der Waals surface area contributed by atoms with Crippen molar-refractivity contribution in [2.24, 2.45) is 0 Å². The van der Waals surface area contributed by atoms with Crippen molar-refractivity contribution in [1.82, 2.24) is 0 Å². The molecule has 0 aromatic rings. The van der Waals surface area contributed by atoms with Gasteiger partial charge < -0.3 is 14.2 Å². The van der Waals surface area contributed by atoms with Crippen LogP contribution in [0.15, 0.2) is 60.8 Å². The van der Waals surface area contributed by atoms with Crippen molar-refractivity contribution in [1.29, 1.82) is 0 Å². The molecule has 1 atom stereocenters. The van der Waals surface area contributed by atoms with Gasteiger partial charge in [0.05, 0.1) is 0 Å². The van der Waals surface area contributed by atoms with Gasteiger partial charge in [-0.25, -0.2) is 0 Å². The molecule has 0 spiro atoms. The lowest BCUT2D eigenvalue weighted by molar-refractivity contribution is -0.167. The Hall–Kier alpha value is -2.89. The van der Waals surface area contributed by atoms with Crippen molar-refractivity contribution in [2.45, 2.75) is 329 Å². The maximum absolute atomic E-state index is 12.8. The Morgan fingerprint density at radius 3 is 0.847 bits per heavy atom. The zero-order valence-electron chi connectivity index (χ0n) is 47.9. The van der Waals surface area contributed by atoms with E-state index in [-0.39, 0.29) is 31.1 Å². The van der Waals surface area contributed by atoms with Crippen LogP contribution in [-0.4, -0.2) is 37.2 Å². The predicted molar refractivity (Wildman–Crippen MR) is 312 cm³/mol. The van der Waals surface area contributed by atoms with Gasteiger partial charge in [0, 0.05) is 19.3 Å². The van der Waals surface area contributed by atoms with Crippen LogP contribution in [0.4, 0.5) is 0 Å². The van der Waals surface area contributed by atoms with Gasteiger partial charge in [0.15, 0.2) is 6.10 Å². The smallest absolute Gasteiger partial charge is 0.306 e. The van der Waals surface area contributed by atoms with Crippen LogP contribution in [0.1, 0.15) is 323 Å². The Bertz CT molecular complexity index is 1290. The summed E-state index contributed by atoms with van der Waals surface area (Å²) in [6, 6.07) is 0. The molecule has 0 heterocycles. The second-order valence-corrected chi connectivity index (χ2v) is 21.0. The molecule has 0 aromatic heterocycles. The topological polar surface area (TPSA) is 78.9 Å². The fraction of sp³-hybridized carbons (Fsp3) is 0.803. The molecule has 418 valence electrons. The van der Waals surface area contributed by atoms with Crippen LogP contribution in [0.3, 0.4) is 0 Å². The summed E-state index contributed by atoms with van der Waals surface area (Å²) in [5.74, 6) is -0.855. The van der Waals surface area contributed by atoms with Crippen molar-refractivity contribution in [3.63, 3.8) is 0 Å². The van der Waals surface area contributed by atoms with E-state index in [0.29, 0.717) is 19.3 Å². The van der Waals surface area contributed by atoms with Gasteiger partial charge in [-0.3, -0.25) is 14.4 Å². The van der Waals surface area contributed by atoms with Crippen molar-refractivity contribution in [2.75, 3.05) is 13.2 Å². The molecule has 0 aliphatic rings. The van der Waals surface area contributed by atoms with Gasteiger partial charge in [-0.15, -0.1) is 0 Å². The van der Waals surface area contributed by atoms with Gasteiger partial charge in [0.1, 0.15) is 13.2 Å². The number of allylic oxidation sites excluding steroid dienone is 10. The Kier molecular flexibility index (Phi) is 58.2. The molecule has 0 aliphatic carbocycles. The molecule has 0 radical (unpaired) electrons. The van der Waals surface area contributed by atoms with E-state index in [9.17, 15) is 14.4 Å². The Balaban J connectivity index is 4.13. The molecule has 0 N–H and O–H groups in total. The van der Waals surface area contributed by atoms with E-state index >= 15 is 0 Å².